The van der Waals surface area contributed by atoms with Gasteiger partial charge in [0, 0.05) is 31.1 Å². The van der Waals surface area contributed by atoms with Gasteiger partial charge in [0.2, 0.25) is 0 Å². The van der Waals surface area contributed by atoms with Crippen molar-refractivity contribution in [2.45, 2.75) is 57.2 Å². The molecule has 0 spiro atoms. The standard InChI is InChI=1S/C13H22N4/c1-2-13(4-3-5-13)17-7-10-6-11-12(8-14-10)16-9-15-11/h9-10,14,17H,2-8H2,1H3,(H,15,16). The van der Waals surface area contributed by atoms with E-state index < -0.39 is 0 Å². The molecule has 1 saturated carbocycles. The molecule has 94 valence electrons. The molecule has 1 aliphatic heterocycles. The lowest BCUT2D eigenvalue weighted by molar-refractivity contribution is 0.170. The van der Waals surface area contributed by atoms with Gasteiger partial charge >= 0.3 is 0 Å². The van der Waals surface area contributed by atoms with Crippen molar-refractivity contribution in [3.8, 4) is 0 Å². The van der Waals surface area contributed by atoms with Gasteiger partial charge in [-0.25, -0.2) is 4.98 Å². The van der Waals surface area contributed by atoms with Crippen molar-refractivity contribution in [2.75, 3.05) is 6.54 Å². The van der Waals surface area contributed by atoms with Gasteiger partial charge in [0.05, 0.1) is 17.7 Å². The van der Waals surface area contributed by atoms with E-state index in [1.807, 2.05) is 6.33 Å². The number of aromatic nitrogens is 2. The van der Waals surface area contributed by atoms with E-state index in [0.717, 1.165) is 19.5 Å². The Morgan fingerprint density at radius 1 is 1.53 bits per heavy atom. The van der Waals surface area contributed by atoms with Crippen molar-refractivity contribution in [3.63, 3.8) is 0 Å². The summed E-state index contributed by atoms with van der Waals surface area (Å²) >= 11 is 0. The second kappa shape index (κ2) is 4.42. The van der Waals surface area contributed by atoms with Crippen LogP contribution < -0.4 is 10.6 Å². The minimum Gasteiger partial charge on any atom is -0.347 e. The molecule has 0 saturated heterocycles. The van der Waals surface area contributed by atoms with Crippen molar-refractivity contribution < 1.29 is 0 Å². The second-order valence-corrected chi connectivity index (χ2v) is 5.48. The van der Waals surface area contributed by atoms with Crippen molar-refractivity contribution in [1.82, 2.24) is 20.6 Å². The van der Waals surface area contributed by atoms with Crippen LogP contribution in [-0.2, 0) is 13.0 Å². The smallest absolute Gasteiger partial charge is 0.0925 e. The highest BCUT2D eigenvalue weighted by Gasteiger charge is 2.35. The molecule has 4 nitrogen and oxygen atoms in total. The molecule has 0 radical (unpaired) electrons. The largest absolute Gasteiger partial charge is 0.347 e. The molecule has 17 heavy (non-hydrogen) atoms. The molecule has 0 aromatic carbocycles. The molecule has 1 atom stereocenters. The van der Waals surface area contributed by atoms with Crippen molar-refractivity contribution >= 4 is 0 Å². The van der Waals surface area contributed by atoms with Crippen LogP contribution in [0.1, 0.15) is 44.0 Å². The van der Waals surface area contributed by atoms with Gasteiger partial charge < -0.3 is 15.6 Å². The summed E-state index contributed by atoms with van der Waals surface area (Å²) in [5, 5.41) is 7.35. The highest BCUT2D eigenvalue weighted by Crippen LogP contribution is 2.34. The van der Waals surface area contributed by atoms with Gasteiger partial charge in [0.1, 0.15) is 0 Å². The molecular weight excluding hydrogens is 212 g/mol. The number of fused-ring (bicyclic) bond motifs is 1. The molecule has 4 heteroatoms. The zero-order valence-corrected chi connectivity index (χ0v) is 10.6. The zero-order valence-electron chi connectivity index (χ0n) is 10.6. The van der Waals surface area contributed by atoms with Crippen LogP contribution >= 0.6 is 0 Å². The third-order valence-electron chi connectivity index (χ3n) is 4.53. The third-order valence-corrected chi connectivity index (χ3v) is 4.53. The fourth-order valence-electron chi connectivity index (χ4n) is 2.97. The van der Waals surface area contributed by atoms with Crippen molar-refractivity contribution in [1.29, 1.82) is 0 Å². The summed E-state index contributed by atoms with van der Waals surface area (Å²) in [5.74, 6) is 0. The fourth-order valence-corrected chi connectivity index (χ4v) is 2.97. The van der Waals surface area contributed by atoms with E-state index in [-0.39, 0.29) is 0 Å². The van der Waals surface area contributed by atoms with Gasteiger partial charge in [0.25, 0.3) is 0 Å². The van der Waals surface area contributed by atoms with Gasteiger partial charge in [-0.15, -0.1) is 0 Å². The number of H-pyrrole nitrogens is 1. The Labute approximate surface area is 103 Å². The maximum atomic E-state index is 4.38. The minimum absolute atomic E-state index is 0.452. The monoisotopic (exact) mass is 234 g/mol. The van der Waals surface area contributed by atoms with Crippen LogP contribution in [0.25, 0.3) is 0 Å². The highest BCUT2D eigenvalue weighted by molar-refractivity contribution is 5.16. The summed E-state index contributed by atoms with van der Waals surface area (Å²) in [6, 6.07) is 0.537. The highest BCUT2D eigenvalue weighted by atomic mass is 15.1. The third kappa shape index (κ3) is 2.11. The first-order valence-corrected chi connectivity index (χ1v) is 6.81. The maximum Gasteiger partial charge on any atom is 0.0925 e. The molecule has 3 N–H and O–H groups in total. The average Bonchev–Trinajstić information content (AvgIpc) is 2.75. The molecule has 3 rings (SSSR count). The topological polar surface area (TPSA) is 52.7 Å². The van der Waals surface area contributed by atoms with Crippen LogP contribution in [0.15, 0.2) is 6.33 Å². The lowest BCUT2D eigenvalue weighted by Crippen LogP contribution is -2.55. The van der Waals surface area contributed by atoms with Crippen LogP contribution in [0.4, 0.5) is 0 Å². The Hall–Kier alpha value is -0.870. The Morgan fingerprint density at radius 2 is 2.41 bits per heavy atom. The quantitative estimate of drug-likeness (QED) is 0.737. The summed E-state index contributed by atoms with van der Waals surface area (Å²) in [4.78, 5) is 7.57. The predicted octanol–water partition coefficient (Wildman–Crippen LogP) is 1.35. The van der Waals surface area contributed by atoms with E-state index in [0.29, 0.717) is 11.6 Å². The number of nitrogens with zero attached hydrogens (tertiary/aromatic N) is 1. The van der Waals surface area contributed by atoms with E-state index in [4.69, 9.17) is 0 Å². The van der Waals surface area contributed by atoms with E-state index >= 15 is 0 Å². The van der Waals surface area contributed by atoms with Gasteiger partial charge in [-0.1, -0.05) is 6.92 Å². The first-order valence-electron chi connectivity index (χ1n) is 6.81. The van der Waals surface area contributed by atoms with E-state index in [1.165, 1.54) is 37.1 Å². The molecule has 2 heterocycles. The van der Waals surface area contributed by atoms with Crippen LogP contribution in [0, 0.1) is 0 Å². The lowest BCUT2D eigenvalue weighted by atomic mass is 9.74. The summed E-state index contributed by atoms with van der Waals surface area (Å²) < 4.78 is 0. The molecule has 1 aromatic heterocycles. The van der Waals surface area contributed by atoms with Crippen LogP contribution in [-0.4, -0.2) is 28.1 Å². The lowest BCUT2D eigenvalue weighted by Gasteiger charge is -2.43. The van der Waals surface area contributed by atoms with Crippen molar-refractivity contribution in [2.24, 2.45) is 0 Å². The molecular formula is C13H22N4. The SMILES string of the molecule is CCC1(NCC2Cc3nc[nH]c3CN2)CCC1. The first kappa shape index (κ1) is 11.2. The van der Waals surface area contributed by atoms with E-state index in [2.05, 4.69) is 27.5 Å². The number of nitrogens with one attached hydrogen (secondary N) is 3. The predicted molar refractivity (Wildman–Crippen MR) is 67.8 cm³/mol. The summed E-state index contributed by atoms with van der Waals surface area (Å²) in [7, 11) is 0. The maximum absolute atomic E-state index is 4.38. The van der Waals surface area contributed by atoms with Crippen LogP contribution in [0.3, 0.4) is 0 Å². The van der Waals surface area contributed by atoms with Gasteiger partial charge in [-0.05, 0) is 25.7 Å². The molecule has 0 amide bonds. The fraction of sp³-hybridized carbons (Fsp3) is 0.769. The number of hydrogen-bond acceptors (Lipinski definition) is 3. The van der Waals surface area contributed by atoms with Gasteiger partial charge in [-0.2, -0.15) is 0 Å². The number of hydrogen-bond donors (Lipinski definition) is 3. The molecule has 1 fully saturated rings. The van der Waals surface area contributed by atoms with E-state index in [9.17, 15) is 0 Å². The molecule has 1 aromatic rings. The number of aromatic amines is 1. The van der Waals surface area contributed by atoms with Crippen LogP contribution in [0.5, 0.6) is 0 Å². The Morgan fingerprint density at radius 3 is 3.12 bits per heavy atom. The summed E-state index contributed by atoms with van der Waals surface area (Å²) in [6.45, 7) is 4.30. The van der Waals surface area contributed by atoms with Crippen molar-refractivity contribution in [3.05, 3.63) is 17.7 Å². The average molecular weight is 234 g/mol. The zero-order chi connectivity index (χ0) is 11.7. The van der Waals surface area contributed by atoms with Crippen LogP contribution in [0.2, 0.25) is 0 Å². The molecule has 2 aliphatic rings. The van der Waals surface area contributed by atoms with E-state index in [1.54, 1.807) is 0 Å². The van der Waals surface area contributed by atoms with Gasteiger partial charge in [-0.3, -0.25) is 0 Å². The minimum atomic E-state index is 0.452. The Balaban J connectivity index is 1.54. The second-order valence-electron chi connectivity index (χ2n) is 5.48. The molecule has 1 unspecified atom stereocenters. The number of rotatable bonds is 4. The first-order chi connectivity index (χ1) is 8.31. The molecule has 1 aliphatic carbocycles. The summed E-state index contributed by atoms with van der Waals surface area (Å²) in [6.07, 6.45) is 8.21. The Bertz CT molecular complexity index is 375. The number of imidazole rings is 1. The molecule has 0 bridgehead atoms. The van der Waals surface area contributed by atoms with Gasteiger partial charge in [0.15, 0.2) is 0 Å². The Kier molecular flexibility index (Phi) is 2.92. The normalized spacial score (nSPS) is 26.3. The summed E-state index contributed by atoms with van der Waals surface area (Å²) in [5.41, 5.74) is 2.96.